The van der Waals surface area contributed by atoms with E-state index >= 15 is 0 Å². The van der Waals surface area contributed by atoms with Gasteiger partial charge in [0.15, 0.2) is 0 Å². The average Bonchev–Trinajstić information content (AvgIpc) is 2.93. The Bertz CT molecular complexity index is 659. The molecule has 1 aliphatic rings. The largest absolute Gasteiger partial charge is 0.147 e. The third-order valence-electron chi connectivity index (χ3n) is 4.49. The Balaban J connectivity index is 0.00000312. The minimum atomic E-state index is -1.65. The molecule has 0 atom stereocenters. The van der Waals surface area contributed by atoms with E-state index in [4.69, 9.17) is 3.32 Å². The first-order valence-electron chi connectivity index (χ1n) is 9.06. The van der Waals surface area contributed by atoms with Crippen molar-refractivity contribution in [3.05, 3.63) is 51.1 Å². The third-order valence-corrected chi connectivity index (χ3v) is 17.2. The van der Waals surface area contributed by atoms with Gasteiger partial charge in [-0.05, 0) is 0 Å². The van der Waals surface area contributed by atoms with Crippen molar-refractivity contribution in [2.75, 3.05) is 0 Å². The first-order chi connectivity index (χ1) is 11.0. The van der Waals surface area contributed by atoms with Crippen LogP contribution in [0.15, 0.2) is 45.5 Å². The zero-order valence-electron chi connectivity index (χ0n) is 17.5. The Morgan fingerprint density at radius 3 is 2.19 bits per heavy atom. The van der Waals surface area contributed by atoms with Crippen molar-refractivity contribution in [1.82, 2.24) is 0 Å². The molecule has 1 aliphatic carbocycles. The molecule has 0 aromatic heterocycles. The van der Waals surface area contributed by atoms with Crippen molar-refractivity contribution < 1.29 is 20.8 Å². The maximum absolute atomic E-state index is 6.77. The maximum Gasteiger partial charge on any atom is -0.147 e. The maximum atomic E-state index is 6.77. The molecule has 1 aromatic rings. The van der Waals surface area contributed by atoms with Gasteiger partial charge in [0.05, 0.1) is 0 Å². The van der Waals surface area contributed by atoms with Crippen molar-refractivity contribution in [3.8, 4) is 5.75 Å². The van der Waals surface area contributed by atoms with Crippen LogP contribution in [0.4, 0.5) is 0 Å². The van der Waals surface area contributed by atoms with E-state index in [1.807, 2.05) is 0 Å². The van der Waals surface area contributed by atoms with E-state index in [1.54, 1.807) is 9.07 Å². The van der Waals surface area contributed by atoms with Crippen LogP contribution in [-0.2, 0) is 22.9 Å². The number of benzene rings is 1. The summed E-state index contributed by atoms with van der Waals surface area (Å²) >= 11 is -1.65. The summed E-state index contributed by atoms with van der Waals surface area (Å²) in [4.78, 5) is 0. The molecule has 0 heterocycles. The average molecular weight is 466 g/mol. The van der Waals surface area contributed by atoms with E-state index in [1.165, 1.54) is 5.56 Å². The van der Waals surface area contributed by atoms with Crippen LogP contribution in [0.2, 0.25) is 32.7 Å². The number of halogens is 2. The Hall–Kier alpha value is 0.228. The summed E-state index contributed by atoms with van der Waals surface area (Å²) in [6.45, 7) is 18.4. The Labute approximate surface area is 181 Å². The normalized spacial score (nSPS) is 14.2. The molecule has 2 rings (SSSR count). The molecule has 0 aliphatic heterocycles. The van der Waals surface area contributed by atoms with Crippen molar-refractivity contribution in [3.63, 3.8) is 0 Å². The van der Waals surface area contributed by atoms with Crippen molar-refractivity contribution >= 4 is 39.6 Å². The molecule has 0 unspecified atom stereocenters. The second kappa shape index (κ2) is 10.1. The van der Waals surface area contributed by atoms with Crippen LogP contribution in [0.25, 0.3) is 0 Å². The summed E-state index contributed by atoms with van der Waals surface area (Å²) in [5.41, 5.74) is 1.54. The molecule has 0 saturated carbocycles. The summed E-state index contributed by atoms with van der Waals surface area (Å²) in [5.74, 6) is 1.10. The fourth-order valence-corrected chi connectivity index (χ4v) is 16.4. The Morgan fingerprint density at radius 1 is 1.08 bits per heavy atom. The van der Waals surface area contributed by atoms with Gasteiger partial charge in [-0.2, -0.15) is 0 Å². The van der Waals surface area contributed by atoms with Crippen molar-refractivity contribution in [2.24, 2.45) is 0 Å². The van der Waals surface area contributed by atoms with Crippen molar-refractivity contribution in [1.29, 1.82) is 0 Å². The van der Waals surface area contributed by atoms with Gasteiger partial charge in [-0.3, -0.25) is 0 Å². The number of hydrogen-bond acceptors (Lipinski definition) is 1. The number of hydrogen-bond donors (Lipinski definition) is 0. The van der Waals surface area contributed by atoms with E-state index in [9.17, 15) is 0 Å². The Morgan fingerprint density at radius 2 is 1.69 bits per heavy atom. The summed E-state index contributed by atoms with van der Waals surface area (Å²) in [6.07, 6.45) is 5.95. The predicted octanol–water partition coefficient (Wildman–Crippen LogP) is 6.81. The summed E-state index contributed by atoms with van der Waals surface area (Å²) in [5, 5.41) is 1.69. The van der Waals surface area contributed by atoms with Crippen LogP contribution >= 0.6 is 24.8 Å². The van der Waals surface area contributed by atoms with E-state index < -0.39 is 32.3 Å². The molecule has 6 heteroatoms. The minimum Gasteiger partial charge on any atom is -0.147 e. The van der Waals surface area contributed by atoms with Crippen LogP contribution in [-0.4, -0.2) is 14.7 Å². The van der Waals surface area contributed by atoms with E-state index in [-0.39, 0.29) is 30.2 Å². The van der Waals surface area contributed by atoms with Gasteiger partial charge in [0.2, 0.25) is 0 Å². The third kappa shape index (κ3) is 6.68. The van der Waals surface area contributed by atoms with Crippen LogP contribution in [0, 0.1) is 0 Å². The van der Waals surface area contributed by atoms with Gasteiger partial charge in [0.1, 0.15) is 0 Å². The molecule has 26 heavy (non-hydrogen) atoms. The molecule has 0 saturated heterocycles. The van der Waals surface area contributed by atoms with Gasteiger partial charge in [-0.1, -0.05) is 0 Å². The van der Waals surface area contributed by atoms with E-state index in [0.717, 1.165) is 12.2 Å². The quantitative estimate of drug-likeness (QED) is 0.433. The number of allylic oxidation sites excluding steroid dienone is 4. The molecular weight excluding hydrogens is 431 g/mol. The fourth-order valence-electron chi connectivity index (χ4n) is 3.12. The minimum absolute atomic E-state index is 0. The zero-order chi connectivity index (χ0) is 18.1. The molecule has 0 N–H and O–H groups in total. The number of rotatable bonds is 5. The second-order valence-electron chi connectivity index (χ2n) is 9.15. The first-order valence-corrected chi connectivity index (χ1v) is 19.6. The summed E-state index contributed by atoms with van der Waals surface area (Å²) < 4.78 is 8.51. The molecule has 0 fully saturated rings. The molecule has 0 amide bonds. The standard InChI is InChI=1S/C10H14O.C8H13Si.C2H7Si.2ClH.Ti/c1-10(2,3)8-5-4-6-9(11)7-8;1-9(2,3)8-6-4-5-7-8;1-3-2;;;/h4-7,11H,1-3H3;4,6H,5H2,1-3H3;3H,1-2H3;2*1H;/q;;;;;+1/p-1. The first kappa shape index (κ1) is 26.2. The van der Waals surface area contributed by atoms with Gasteiger partial charge >= 0.3 is 158 Å². The van der Waals surface area contributed by atoms with Gasteiger partial charge in [0.25, 0.3) is 0 Å². The van der Waals surface area contributed by atoms with Crippen LogP contribution in [0.3, 0.4) is 0 Å². The smallest absolute Gasteiger partial charge is 0.147 e. The fraction of sp³-hybridized carbons (Fsp3) is 0.500. The van der Waals surface area contributed by atoms with Crippen molar-refractivity contribution in [2.45, 2.75) is 65.3 Å². The van der Waals surface area contributed by atoms with Crippen LogP contribution in [0.1, 0.15) is 32.8 Å². The topological polar surface area (TPSA) is 9.23 Å². The molecule has 1 aromatic carbocycles. The van der Waals surface area contributed by atoms with Gasteiger partial charge in [-0.15, -0.1) is 24.8 Å². The monoisotopic (exact) mass is 465 g/mol. The molecule has 147 valence electrons. The zero-order valence-corrected chi connectivity index (χ0v) is 22.8. The summed E-state index contributed by atoms with van der Waals surface area (Å²) in [7, 11) is -1.28. The van der Waals surface area contributed by atoms with Gasteiger partial charge in [0, 0.05) is 0 Å². The molecule has 0 spiro atoms. The predicted molar refractivity (Wildman–Crippen MR) is 123 cm³/mol. The molecule has 0 radical (unpaired) electrons. The van der Waals surface area contributed by atoms with E-state index in [2.05, 4.69) is 89.9 Å². The molecule has 0 bridgehead atoms. The van der Waals surface area contributed by atoms with Gasteiger partial charge < -0.3 is 0 Å². The van der Waals surface area contributed by atoms with Gasteiger partial charge in [-0.25, -0.2) is 0 Å². The molecular formula is C20H35Cl2OSi2Ti. The van der Waals surface area contributed by atoms with Crippen LogP contribution < -0.4 is 3.32 Å². The molecule has 1 nitrogen and oxygen atoms in total. The van der Waals surface area contributed by atoms with Crippen LogP contribution in [0.5, 0.6) is 5.75 Å². The SMILES string of the molecule is C[SiH](C)[Ti]([O]c1cccc(C(C)(C)C)c1)[C]1=C([Si](C)(C)C)C=CC1.Cl.Cl. The Kier molecular flexibility index (Phi) is 10.2. The van der Waals surface area contributed by atoms with E-state index in [0.29, 0.717) is 0 Å². The second-order valence-corrected chi connectivity index (χ2v) is 26.5. The summed E-state index contributed by atoms with van der Waals surface area (Å²) in [6, 6.07) is 8.83.